The minimum atomic E-state index is 0.546. The van der Waals surface area contributed by atoms with Crippen LogP contribution in [0.5, 0.6) is 0 Å². The van der Waals surface area contributed by atoms with E-state index in [1.165, 1.54) is 10.8 Å². The van der Waals surface area contributed by atoms with Gasteiger partial charge in [0, 0.05) is 65.8 Å². The van der Waals surface area contributed by atoms with E-state index in [-0.39, 0.29) is 0 Å². The van der Waals surface area contributed by atoms with Crippen LogP contribution in [0.4, 0.5) is 0 Å². The van der Waals surface area contributed by atoms with Gasteiger partial charge in [-0.05, 0) is 53.6 Å². The third-order valence-corrected chi connectivity index (χ3v) is 12.3. The van der Waals surface area contributed by atoms with Crippen molar-refractivity contribution in [1.82, 2.24) is 19.5 Å². The summed E-state index contributed by atoms with van der Waals surface area (Å²) in [5, 5.41) is 6.43. The van der Waals surface area contributed by atoms with Gasteiger partial charge in [0.1, 0.15) is 22.3 Å². The molecule has 0 radical (unpaired) electrons. The largest absolute Gasteiger partial charge is 0.456 e. The number of benzene rings is 9. The average molecular weight is 807 g/mol. The van der Waals surface area contributed by atoms with Gasteiger partial charge in [0.2, 0.25) is 0 Å². The lowest BCUT2D eigenvalue weighted by atomic mass is 9.96. The molecular formula is C57H34N4O2. The van der Waals surface area contributed by atoms with E-state index in [2.05, 4.69) is 150 Å². The fraction of sp³-hybridized carbons (Fsp3) is 0. The Kier molecular flexibility index (Phi) is 7.80. The van der Waals surface area contributed by atoms with Crippen LogP contribution in [-0.4, -0.2) is 19.5 Å². The number of hydrogen-bond donors (Lipinski definition) is 0. The van der Waals surface area contributed by atoms with Gasteiger partial charge in [-0.3, -0.25) is 0 Å². The molecule has 4 heterocycles. The molecule has 6 heteroatoms. The highest BCUT2D eigenvalue weighted by atomic mass is 16.3. The van der Waals surface area contributed by atoms with Crippen LogP contribution in [0, 0.1) is 0 Å². The molecule has 6 nitrogen and oxygen atoms in total. The fourth-order valence-electron chi connectivity index (χ4n) is 9.50. The van der Waals surface area contributed by atoms with Gasteiger partial charge >= 0.3 is 0 Å². The first-order valence-corrected chi connectivity index (χ1v) is 21.1. The van der Waals surface area contributed by atoms with Crippen LogP contribution in [0.2, 0.25) is 0 Å². The number of aromatic nitrogens is 4. The summed E-state index contributed by atoms with van der Waals surface area (Å²) in [7, 11) is 0. The van der Waals surface area contributed by atoms with Crippen LogP contribution in [0.3, 0.4) is 0 Å². The van der Waals surface area contributed by atoms with Gasteiger partial charge in [0.05, 0.1) is 11.0 Å². The molecule has 0 saturated carbocycles. The fourth-order valence-corrected chi connectivity index (χ4v) is 9.50. The SMILES string of the molecule is c1ccc(-c2nc(-c3cc(-c4ccccc4)c4c(c3)oc3ccccc34)nc(-c3cccc4oc5c(-c6cccc7c8ccccc8n(-c8ccccc8)c67)cccc5c34)n2)cc1. The van der Waals surface area contributed by atoms with Crippen LogP contribution < -0.4 is 0 Å². The van der Waals surface area contributed by atoms with E-state index in [4.69, 9.17) is 23.8 Å². The first kappa shape index (κ1) is 35.2. The topological polar surface area (TPSA) is 69.9 Å². The molecule has 13 aromatic rings. The molecule has 13 rings (SSSR count). The summed E-state index contributed by atoms with van der Waals surface area (Å²) in [6.45, 7) is 0. The van der Waals surface area contributed by atoms with Crippen LogP contribution in [0.25, 0.3) is 128 Å². The number of hydrogen-bond acceptors (Lipinski definition) is 5. The molecule has 0 N–H and O–H groups in total. The minimum absolute atomic E-state index is 0.546. The lowest BCUT2D eigenvalue weighted by Crippen LogP contribution is -2.00. The summed E-state index contributed by atoms with van der Waals surface area (Å²) in [4.78, 5) is 15.7. The molecule has 0 saturated heterocycles. The third kappa shape index (κ3) is 5.55. The van der Waals surface area contributed by atoms with Crippen LogP contribution in [0.1, 0.15) is 0 Å². The van der Waals surface area contributed by atoms with Gasteiger partial charge < -0.3 is 13.4 Å². The molecule has 0 fully saturated rings. The Bertz CT molecular complexity index is 3900. The third-order valence-electron chi connectivity index (χ3n) is 12.3. The van der Waals surface area contributed by atoms with Crippen molar-refractivity contribution >= 4 is 65.7 Å². The van der Waals surface area contributed by atoms with Crippen molar-refractivity contribution in [2.45, 2.75) is 0 Å². The molecule has 0 atom stereocenters. The van der Waals surface area contributed by atoms with E-state index in [1.54, 1.807) is 0 Å². The normalized spacial score (nSPS) is 11.8. The van der Waals surface area contributed by atoms with Crippen LogP contribution in [-0.2, 0) is 0 Å². The maximum absolute atomic E-state index is 6.95. The Morgan fingerprint density at radius 3 is 1.71 bits per heavy atom. The molecule has 0 aliphatic carbocycles. The van der Waals surface area contributed by atoms with Crippen molar-refractivity contribution in [3.05, 3.63) is 206 Å². The zero-order valence-corrected chi connectivity index (χ0v) is 33.7. The average Bonchev–Trinajstić information content (AvgIpc) is 4.04. The molecular weight excluding hydrogens is 773 g/mol. The van der Waals surface area contributed by atoms with Crippen molar-refractivity contribution in [2.75, 3.05) is 0 Å². The Hall–Kier alpha value is -8.61. The zero-order valence-electron chi connectivity index (χ0n) is 33.7. The Morgan fingerprint density at radius 1 is 0.333 bits per heavy atom. The standard InChI is InChI=1S/C57H34N4O2/c1-4-17-35(18-5-1)46-33-37(34-50-51(46)43-24-11-13-31-48(43)62-50)56-58-55(36-19-6-2-7-20-36)59-57(60-56)45-29-16-32-49-52(45)44-28-15-27-42(54(44)63-49)41-26-14-25-40-39-23-10-12-30-47(39)61(53(40)41)38-21-8-3-9-22-38/h1-34H. The lowest BCUT2D eigenvalue weighted by molar-refractivity contribution is 0.669. The van der Waals surface area contributed by atoms with Crippen molar-refractivity contribution in [3.63, 3.8) is 0 Å². The van der Waals surface area contributed by atoms with Crippen LogP contribution >= 0.6 is 0 Å². The number of para-hydroxylation sites is 5. The zero-order chi connectivity index (χ0) is 41.4. The second-order valence-corrected chi connectivity index (χ2v) is 15.9. The van der Waals surface area contributed by atoms with Crippen LogP contribution in [0.15, 0.2) is 215 Å². The first-order chi connectivity index (χ1) is 31.2. The molecule has 0 aliphatic rings. The highest BCUT2D eigenvalue weighted by molar-refractivity contribution is 6.19. The highest BCUT2D eigenvalue weighted by Crippen LogP contribution is 2.45. The second kappa shape index (κ2) is 14.0. The van der Waals surface area contributed by atoms with E-state index in [9.17, 15) is 0 Å². The van der Waals surface area contributed by atoms with Crippen molar-refractivity contribution in [1.29, 1.82) is 0 Å². The van der Waals surface area contributed by atoms with E-state index in [0.29, 0.717) is 17.5 Å². The maximum atomic E-state index is 6.95. The van der Waals surface area contributed by atoms with Crippen molar-refractivity contribution in [2.24, 2.45) is 0 Å². The van der Waals surface area contributed by atoms with Gasteiger partial charge in [-0.1, -0.05) is 164 Å². The summed E-state index contributed by atoms with van der Waals surface area (Å²) < 4.78 is 15.9. The molecule has 63 heavy (non-hydrogen) atoms. The van der Waals surface area contributed by atoms with Gasteiger partial charge in [-0.15, -0.1) is 0 Å². The molecule has 0 spiro atoms. The van der Waals surface area contributed by atoms with Crippen molar-refractivity contribution in [3.8, 4) is 62.1 Å². The van der Waals surface area contributed by atoms with Gasteiger partial charge in [0.15, 0.2) is 17.5 Å². The minimum Gasteiger partial charge on any atom is -0.456 e. The van der Waals surface area contributed by atoms with Gasteiger partial charge in [-0.25, -0.2) is 15.0 Å². The molecule has 9 aromatic carbocycles. The smallest absolute Gasteiger partial charge is 0.164 e. The van der Waals surface area contributed by atoms with Gasteiger partial charge in [-0.2, -0.15) is 0 Å². The Balaban J connectivity index is 1.05. The molecule has 0 aliphatic heterocycles. The van der Waals surface area contributed by atoms with E-state index in [0.717, 1.165) is 99.5 Å². The summed E-state index contributed by atoms with van der Waals surface area (Å²) in [5.41, 5.74) is 13.3. The number of fused-ring (bicyclic) bond motifs is 9. The molecule has 0 bridgehead atoms. The predicted molar refractivity (Wildman–Crippen MR) is 256 cm³/mol. The highest BCUT2D eigenvalue weighted by Gasteiger charge is 2.23. The lowest BCUT2D eigenvalue weighted by Gasteiger charge is -2.12. The Morgan fingerprint density at radius 2 is 0.905 bits per heavy atom. The van der Waals surface area contributed by atoms with E-state index < -0.39 is 0 Å². The van der Waals surface area contributed by atoms with Crippen molar-refractivity contribution < 1.29 is 8.83 Å². The molecule has 4 aromatic heterocycles. The van der Waals surface area contributed by atoms with E-state index in [1.807, 2.05) is 60.7 Å². The molecule has 294 valence electrons. The monoisotopic (exact) mass is 806 g/mol. The first-order valence-electron chi connectivity index (χ1n) is 21.1. The molecule has 0 unspecified atom stereocenters. The Labute approximate surface area is 361 Å². The number of furan rings is 2. The van der Waals surface area contributed by atoms with Gasteiger partial charge in [0.25, 0.3) is 0 Å². The summed E-state index contributed by atoms with van der Waals surface area (Å²) in [5.74, 6) is 1.67. The predicted octanol–water partition coefficient (Wildman–Crippen LogP) is 15.1. The maximum Gasteiger partial charge on any atom is 0.164 e. The quantitative estimate of drug-likeness (QED) is 0.167. The summed E-state index contributed by atoms with van der Waals surface area (Å²) >= 11 is 0. The second-order valence-electron chi connectivity index (χ2n) is 15.9. The number of rotatable bonds is 6. The summed E-state index contributed by atoms with van der Waals surface area (Å²) in [6.07, 6.45) is 0. The number of nitrogens with zero attached hydrogens (tertiary/aromatic N) is 4. The molecule has 0 amide bonds. The van der Waals surface area contributed by atoms with E-state index >= 15 is 0 Å². The summed E-state index contributed by atoms with van der Waals surface area (Å²) in [6, 6.07) is 71.3.